The maximum absolute atomic E-state index is 13.6. The van der Waals surface area contributed by atoms with Gasteiger partial charge in [0.2, 0.25) is 5.82 Å². The lowest BCUT2D eigenvalue weighted by Crippen LogP contribution is -2.21. The van der Waals surface area contributed by atoms with E-state index in [1.54, 1.807) is 44.4 Å². The van der Waals surface area contributed by atoms with Gasteiger partial charge < -0.3 is 15.8 Å². The molecule has 12 nitrogen and oxygen atoms in total. The molecule has 0 aliphatic heterocycles. The molecule has 2 aromatic carbocycles. The molecule has 0 unspecified atom stereocenters. The van der Waals surface area contributed by atoms with Crippen LogP contribution in [0.25, 0.3) is 17.2 Å². The number of halogens is 2. The zero-order valence-electron chi connectivity index (χ0n) is 21.2. The van der Waals surface area contributed by atoms with E-state index in [1.807, 2.05) is 18.2 Å². The van der Waals surface area contributed by atoms with Crippen molar-refractivity contribution < 1.29 is 14.3 Å². The second-order valence-corrected chi connectivity index (χ2v) is 9.42. The average molecular weight is 578 g/mol. The topological polar surface area (TPSA) is 156 Å². The van der Waals surface area contributed by atoms with Crippen molar-refractivity contribution in [3.05, 3.63) is 93.4 Å². The summed E-state index contributed by atoms with van der Waals surface area (Å²) in [7, 11) is 1.57. The first-order chi connectivity index (χ1) is 19.2. The SMILES string of the molecule is COc1cccc(-c2nnn(Cc3cc(C(=O)Nc4c(C)cc(Cl)cc4C(N)=O)n(-c4ncccc4Cl)n3)n2)c1. The van der Waals surface area contributed by atoms with Crippen molar-refractivity contribution in [2.24, 2.45) is 5.73 Å². The third-order valence-corrected chi connectivity index (χ3v) is 6.33. The third kappa shape index (κ3) is 5.48. The summed E-state index contributed by atoms with van der Waals surface area (Å²) >= 11 is 12.5. The first-order valence-electron chi connectivity index (χ1n) is 11.8. The van der Waals surface area contributed by atoms with E-state index >= 15 is 0 Å². The zero-order valence-corrected chi connectivity index (χ0v) is 22.7. The maximum atomic E-state index is 13.6. The number of nitrogens with two attached hydrogens (primary N) is 1. The number of nitrogens with zero attached hydrogens (tertiary/aromatic N) is 7. The van der Waals surface area contributed by atoms with Crippen molar-refractivity contribution in [1.29, 1.82) is 0 Å². The predicted molar refractivity (Wildman–Crippen MR) is 148 cm³/mol. The number of rotatable bonds is 8. The van der Waals surface area contributed by atoms with Crippen LogP contribution in [0.1, 0.15) is 32.1 Å². The molecule has 0 radical (unpaired) electrons. The van der Waals surface area contributed by atoms with Gasteiger partial charge in [0.1, 0.15) is 18.0 Å². The van der Waals surface area contributed by atoms with Crippen molar-refractivity contribution in [1.82, 2.24) is 35.0 Å². The Bertz CT molecular complexity index is 1750. The summed E-state index contributed by atoms with van der Waals surface area (Å²) in [4.78, 5) is 31.3. The second kappa shape index (κ2) is 11.1. The molecule has 3 N–H and O–H groups in total. The number of ether oxygens (including phenoxy) is 1. The van der Waals surface area contributed by atoms with Gasteiger partial charge in [-0.15, -0.1) is 10.2 Å². The molecule has 0 saturated heterocycles. The lowest BCUT2D eigenvalue weighted by Gasteiger charge is -2.13. The van der Waals surface area contributed by atoms with Gasteiger partial charge >= 0.3 is 0 Å². The van der Waals surface area contributed by atoms with Crippen LogP contribution in [0.4, 0.5) is 5.69 Å². The standard InChI is InChI=1S/C26H21Cl2N9O3/c1-14-9-16(27)11-19(23(29)38)22(14)31-26(39)21-12-17(33-37(21)25-20(28)7-4-8-30-25)13-36-34-24(32-35-36)15-5-3-6-18(10-15)40-2/h3-12H,13H2,1-2H3,(H2,29,38)(H,31,39). The van der Waals surface area contributed by atoms with Crippen molar-refractivity contribution in [3.8, 4) is 23.0 Å². The molecule has 40 heavy (non-hydrogen) atoms. The number of hydrogen-bond donors (Lipinski definition) is 2. The van der Waals surface area contributed by atoms with Gasteiger partial charge in [-0.05, 0) is 60.2 Å². The van der Waals surface area contributed by atoms with Crippen molar-refractivity contribution in [2.75, 3.05) is 12.4 Å². The van der Waals surface area contributed by atoms with Crippen molar-refractivity contribution in [3.63, 3.8) is 0 Å². The van der Waals surface area contributed by atoms with E-state index < -0.39 is 11.8 Å². The Labute approximate surface area is 237 Å². The number of nitrogens with one attached hydrogen (secondary N) is 1. The van der Waals surface area contributed by atoms with E-state index in [2.05, 4.69) is 30.8 Å². The fourth-order valence-corrected chi connectivity index (χ4v) is 4.45. The number of pyridine rings is 1. The van der Waals surface area contributed by atoms with E-state index in [-0.39, 0.29) is 34.3 Å². The Morgan fingerprint density at radius 3 is 2.65 bits per heavy atom. The number of carbonyl (C=O) groups is 2. The van der Waals surface area contributed by atoms with Gasteiger partial charge in [-0.1, -0.05) is 35.3 Å². The highest BCUT2D eigenvalue weighted by molar-refractivity contribution is 6.32. The van der Waals surface area contributed by atoms with E-state index in [0.29, 0.717) is 27.9 Å². The van der Waals surface area contributed by atoms with Gasteiger partial charge in [0.25, 0.3) is 11.8 Å². The van der Waals surface area contributed by atoms with Crippen LogP contribution >= 0.6 is 23.2 Å². The normalized spacial score (nSPS) is 10.9. The number of aromatic nitrogens is 7. The summed E-state index contributed by atoms with van der Waals surface area (Å²) in [5.74, 6) is -0.0525. The summed E-state index contributed by atoms with van der Waals surface area (Å²) in [6.07, 6.45) is 1.53. The lowest BCUT2D eigenvalue weighted by atomic mass is 10.1. The summed E-state index contributed by atoms with van der Waals surface area (Å²) in [6, 6.07) is 15.1. The number of tetrazole rings is 1. The number of primary amides is 1. The van der Waals surface area contributed by atoms with Crippen LogP contribution in [-0.2, 0) is 6.54 Å². The molecule has 0 saturated carbocycles. The Balaban J connectivity index is 1.50. The van der Waals surface area contributed by atoms with Crippen LogP contribution in [0, 0.1) is 6.92 Å². The first kappa shape index (κ1) is 26.8. The highest BCUT2D eigenvalue weighted by Gasteiger charge is 2.23. The lowest BCUT2D eigenvalue weighted by molar-refractivity contribution is 0.100. The molecule has 0 fully saturated rings. The molecule has 0 bridgehead atoms. The average Bonchev–Trinajstić information content (AvgIpc) is 3.58. The van der Waals surface area contributed by atoms with Crippen LogP contribution in [0.2, 0.25) is 10.0 Å². The predicted octanol–water partition coefficient (Wildman–Crippen LogP) is 3.94. The number of hydrogen-bond acceptors (Lipinski definition) is 8. The summed E-state index contributed by atoms with van der Waals surface area (Å²) < 4.78 is 6.57. The van der Waals surface area contributed by atoms with Gasteiger partial charge in [0.15, 0.2) is 5.82 Å². The smallest absolute Gasteiger partial charge is 0.274 e. The Hall–Kier alpha value is -4.81. The number of amides is 2. The molecular formula is C26H21Cl2N9O3. The van der Waals surface area contributed by atoms with E-state index in [1.165, 1.54) is 21.7 Å². The largest absolute Gasteiger partial charge is 0.497 e. The molecule has 3 heterocycles. The Kier molecular flexibility index (Phi) is 7.45. The summed E-state index contributed by atoms with van der Waals surface area (Å²) in [5.41, 5.74) is 7.61. The number of anilines is 1. The highest BCUT2D eigenvalue weighted by Crippen LogP contribution is 2.27. The van der Waals surface area contributed by atoms with Gasteiger partial charge in [-0.3, -0.25) is 9.59 Å². The second-order valence-electron chi connectivity index (χ2n) is 8.58. The minimum absolute atomic E-state index is 0.0670. The molecule has 14 heteroatoms. The maximum Gasteiger partial charge on any atom is 0.274 e. The van der Waals surface area contributed by atoms with Crippen LogP contribution in [0.5, 0.6) is 5.75 Å². The monoisotopic (exact) mass is 577 g/mol. The van der Waals surface area contributed by atoms with Crippen molar-refractivity contribution in [2.45, 2.75) is 13.5 Å². The molecule has 5 aromatic rings. The quantitative estimate of drug-likeness (QED) is 0.281. The summed E-state index contributed by atoms with van der Waals surface area (Å²) in [5, 5.41) is 20.5. The highest BCUT2D eigenvalue weighted by atomic mass is 35.5. The number of aryl methyl sites for hydroxylation is 1. The van der Waals surface area contributed by atoms with Crippen LogP contribution in [0.15, 0.2) is 60.8 Å². The molecule has 0 spiro atoms. The molecular weight excluding hydrogens is 557 g/mol. The number of methoxy groups -OCH3 is 1. The molecule has 3 aromatic heterocycles. The fourth-order valence-electron chi connectivity index (χ4n) is 3.98. The van der Waals surface area contributed by atoms with Gasteiger partial charge in [-0.2, -0.15) is 9.90 Å². The molecule has 202 valence electrons. The molecule has 0 aliphatic carbocycles. The van der Waals surface area contributed by atoms with Gasteiger partial charge in [0.05, 0.1) is 29.1 Å². The number of carbonyl (C=O) groups excluding carboxylic acids is 2. The zero-order chi connectivity index (χ0) is 28.4. The van der Waals surface area contributed by atoms with Crippen molar-refractivity contribution >= 4 is 40.7 Å². The van der Waals surface area contributed by atoms with Crippen LogP contribution in [0.3, 0.4) is 0 Å². The van der Waals surface area contributed by atoms with E-state index in [4.69, 9.17) is 33.7 Å². The van der Waals surface area contributed by atoms with E-state index in [9.17, 15) is 9.59 Å². The minimum Gasteiger partial charge on any atom is -0.497 e. The minimum atomic E-state index is -0.744. The van der Waals surface area contributed by atoms with E-state index in [0.717, 1.165) is 5.56 Å². The summed E-state index contributed by atoms with van der Waals surface area (Å²) in [6.45, 7) is 1.78. The third-order valence-electron chi connectivity index (χ3n) is 5.82. The Morgan fingerprint density at radius 2 is 1.90 bits per heavy atom. The molecule has 0 aliphatic rings. The molecule has 2 amide bonds. The molecule has 5 rings (SSSR count). The molecule has 0 atom stereocenters. The van der Waals surface area contributed by atoms with Crippen LogP contribution < -0.4 is 15.8 Å². The van der Waals surface area contributed by atoms with Gasteiger partial charge in [0, 0.05) is 16.8 Å². The van der Waals surface area contributed by atoms with Gasteiger partial charge in [-0.25, -0.2) is 9.67 Å². The fraction of sp³-hybridized carbons (Fsp3) is 0.115. The van der Waals surface area contributed by atoms with Crippen LogP contribution in [-0.4, -0.2) is 53.9 Å². The Morgan fingerprint density at radius 1 is 1.07 bits per heavy atom. The number of benzene rings is 2. The first-order valence-corrected chi connectivity index (χ1v) is 12.5.